The lowest BCUT2D eigenvalue weighted by Gasteiger charge is -2.15. The summed E-state index contributed by atoms with van der Waals surface area (Å²) in [6.45, 7) is 5.73. The molecule has 0 aliphatic rings. The van der Waals surface area contributed by atoms with Crippen molar-refractivity contribution < 1.29 is 14.3 Å². The van der Waals surface area contributed by atoms with Gasteiger partial charge in [-0.2, -0.15) is 0 Å². The second kappa shape index (κ2) is 5.57. The second-order valence-corrected chi connectivity index (χ2v) is 2.77. The molecule has 0 spiro atoms. The van der Waals surface area contributed by atoms with Gasteiger partial charge in [0.25, 0.3) is 0 Å². The van der Waals surface area contributed by atoms with Crippen molar-refractivity contribution in [3.8, 4) is 0 Å². The minimum absolute atomic E-state index is 0.0897. The fraction of sp³-hybridized carbons (Fsp3) is 0.750. The molecule has 1 N–H and O–H groups in total. The molecule has 0 aromatic carbocycles. The van der Waals surface area contributed by atoms with E-state index < -0.39 is 12.1 Å². The van der Waals surface area contributed by atoms with Crippen LogP contribution in [0.25, 0.3) is 0 Å². The number of alkyl carbamates (subject to hydrolysis) is 1. The van der Waals surface area contributed by atoms with E-state index in [1.165, 1.54) is 0 Å². The Kier molecular flexibility index (Phi) is 5.08. The first-order valence-corrected chi connectivity index (χ1v) is 4.00. The highest BCUT2D eigenvalue weighted by molar-refractivity contribution is 5.73. The van der Waals surface area contributed by atoms with Crippen molar-refractivity contribution in [2.45, 2.75) is 26.8 Å². The summed E-state index contributed by atoms with van der Waals surface area (Å²) in [5, 5.41) is 2.44. The van der Waals surface area contributed by atoms with Gasteiger partial charge in [-0.25, -0.2) is 4.79 Å². The summed E-state index contributed by atoms with van der Waals surface area (Å²) in [6, 6.07) is -0.455. The van der Waals surface area contributed by atoms with Crippen LogP contribution < -0.4 is 5.32 Å². The normalized spacial score (nSPS) is 12.3. The van der Waals surface area contributed by atoms with Gasteiger partial charge in [0.2, 0.25) is 0 Å². The zero-order valence-electron chi connectivity index (χ0n) is 7.66. The SMILES string of the molecule is CCOC(=O)N[C@@H](C=O)C(C)C. The van der Waals surface area contributed by atoms with Crippen molar-refractivity contribution in [2.75, 3.05) is 6.61 Å². The Labute approximate surface area is 72.3 Å². The van der Waals surface area contributed by atoms with Gasteiger partial charge in [-0.3, -0.25) is 0 Å². The van der Waals surface area contributed by atoms with Gasteiger partial charge >= 0.3 is 6.09 Å². The molecule has 0 fully saturated rings. The Balaban J connectivity index is 3.85. The van der Waals surface area contributed by atoms with E-state index in [4.69, 9.17) is 0 Å². The average Bonchev–Trinajstić information content (AvgIpc) is 2.00. The molecule has 4 heteroatoms. The summed E-state index contributed by atoms with van der Waals surface area (Å²) >= 11 is 0. The van der Waals surface area contributed by atoms with Crippen molar-refractivity contribution in [1.82, 2.24) is 5.32 Å². The van der Waals surface area contributed by atoms with Crippen molar-refractivity contribution in [2.24, 2.45) is 5.92 Å². The van der Waals surface area contributed by atoms with Crippen LogP contribution in [0.2, 0.25) is 0 Å². The molecule has 12 heavy (non-hydrogen) atoms. The largest absolute Gasteiger partial charge is 0.450 e. The molecule has 0 aromatic rings. The van der Waals surface area contributed by atoms with Crippen molar-refractivity contribution in [1.29, 1.82) is 0 Å². The minimum Gasteiger partial charge on any atom is -0.450 e. The Morgan fingerprint density at radius 1 is 1.58 bits per heavy atom. The van der Waals surface area contributed by atoms with E-state index in [1.807, 2.05) is 13.8 Å². The lowest BCUT2D eigenvalue weighted by molar-refractivity contribution is -0.110. The smallest absolute Gasteiger partial charge is 0.407 e. The number of aldehydes is 1. The number of hydrogen-bond acceptors (Lipinski definition) is 3. The number of carbonyl (C=O) groups excluding carboxylic acids is 2. The van der Waals surface area contributed by atoms with E-state index in [9.17, 15) is 9.59 Å². The third kappa shape index (κ3) is 3.95. The molecule has 70 valence electrons. The maximum atomic E-state index is 10.8. The van der Waals surface area contributed by atoms with Gasteiger partial charge in [-0.1, -0.05) is 13.8 Å². The molecule has 0 unspecified atom stereocenters. The van der Waals surface area contributed by atoms with Gasteiger partial charge in [-0.15, -0.1) is 0 Å². The maximum Gasteiger partial charge on any atom is 0.407 e. The average molecular weight is 173 g/mol. The monoisotopic (exact) mass is 173 g/mol. The number of hydrogen-bond donors (Lipinski definition) is 1. The predicted octanol–water partition coefficient (Wildman–Crippen LogP) is 0.956. The fourth-order valence-corrected chi connectivity index (χ4v) is 0.667. The standard InChI is InChI=1S/C8H15NO3/c1-4-12-8(11)9-7(5-10)6(2)3/h5-7H,4H2,1-3H3,(H,9,11)/t7-/m0/s1. The van der Waals surface area contributed by atoms with Crippen LogP contribution in [-0.4, -0.2) is 25.0 Å². The highest BCUT2D eigenvalue weighted by Crippen LogP contribution is 1.98. The molecule has 0 aliphatic carbocycles. The van der Waals surface area contributed by atoms with Gasteiger partial charge < -0.3 is 14.8 Å². The summed E-state index contributed by atoms with van der Waals surface area (Å²) in [7, 11) is 0. The summed E-state index contributed by atoms with van der Waals surface area (Å²) in [6.07, 6.45) is 0.171. The first-order chi connectivity index (χ1) is 5.61. The number of rotatable bonds is 4. The highest BCUT2D eigenvalue weighted by atomic mass is 16.5. The quantitative estimate of drug-likeness (QED) is 0.644. The lowest BCUT2D eigenvalue weighted by atomic mass is 10.1. The number of ether oxygens (including phenoxy) is 1. The van der Waals surface area contributed by atoms with Gasteiger partial charge in [0.15, 0.2) is 0 Å². The van der Waals surface area contributed by atoms with Crippen molar-refractivity contribution in [3.05, 3.63) is 0 Å². The molecule has 0 radical (unpaired) electrons. The molecule has 0 bridgehead atoms. The van der Waals surface area contributed by atoms with E-state index in [-0.39, 0.29) is 5.92 Å². The third-order valence-corrected chi connectivity index (χ3v) is 1.42. The van der Waals surface area contributed by atoms with Gasteiger partial charge in [0.1, 0.15) is 6.29 Å². The first-order valence-electron chi connectivity index (χ1n) is 4.00. The lowest BCUT2D eigenvalue weighted by Crippen LogP contribution is -2.39. The molecule has 0 aromatic heterocycles. The van der Waals surface area contributed by atoms with Crippen LogP contribution in [0.1, 0.15) is 20.8 Å². The number of nitrogens with one attached hydrogen (secondary N) is 1. The molecule has 0 saturated heterocycles. The van der Waals surface area contributed by atoms with Crippen LogP contribution in [0.15, 0.2) is 0 Å². The molecule has 4 nitrogen and oxygen atoms in total. The topological polar surface area (TPSA) is 55.4 Å². The molecule has 1 amide bonds. The van der Waals surface area contributed by atoms with Gasteiger partial charge in [0.05, 0.1) is 12.6 Å². The van der Waals surface area contributed by atoms with Crippen molar-refractivity contribution >= 4 is 12.4 Å². The molecule has 0 saturated carbocycles. The minimum atomic E-state index is -0.539. The zero-order valence-corrected chi connectivity index (χ0v) is 7.66. The molecular weight excluding hydrogens is 158 g/mol. The second-order valence-electron chi connectivity index (χ2n) is 2.77. The highest BCUT2D eigenvalue weighted by Gasteiger charge is 2.14. The van der Waals surface area contributed by atoms with E-state index in [2.05, 4.69) is 10.1 Å². The van der Waals surface area contributed by atoms with Crippen molar-refractivity contribution in [3.63, 3.8) is 0 Å². The zero-order chi connectivity index (χ0) is 9.56. The molecule has 0 heterocycles. The van der Waals surface area contributed by atoms with Crippen LogP contribution in [0, 0.1) is 5.92 Å². The van der Waals surface area contributed by atoms with E-state index in [0.717, 1.165) is 0 Å². The maximum absolute atomic E-state index is 10.8. The summed E-state index contributed by atoms with van der Waals surface area (Å²) in [5.41, 5.74) is 0. The Bertz CT molecular complexity index is 156. The first kappa shape index (κ1) is 10.9. The number of amides is 1. The van der Waals surface area contributed by atoms with Gasteiger partial charge in [-0.05, 0) is 12.8 Å². The third-order valence-electron chi connectivity index (χ3n) is 1.42. The van der Waals surface area contributed by atoms with Crippen LogP contribution in [0.4, 0.5) is 4.79 Å². The summed E-state index contributed by atoms with van der Waals surface area (Å²) in [5.74, 6) is 0.0897. The Hall–Kier alpha value is -1.06. The molecular formula is C8H15NO3. The molecule has 0 aliphatic heterocycles. The predicted molar refractivity (Wildman–Crippen MR) is 44.8 cm³/mol. The fourth-order valence-electron chi connectivity index (χ4n) is 0.667. The Morgan fingerprint density at radius 2 is 2.17 bits per heavy atom. The van der Waals surface area contributed by atoms with Crippen LogP contribution >= 0.6 is 0 Å². The summed E-state index contributed by atoms with van der Waals surface area (Å²) < 4.78 is 4.62. The molecule has 1 atom stereocenters. The Morgan fingerprint density at radius 3 is 2.50 bits per heavy atom. The molecule has 0 rings (SSSR count). The van der Waals surface area contributed by atoms with E-state index in [0.29, 0.717) is 12.9 Å². The van der Waals surface area contributed by atoms with Gasteiger partial charge in [0, 0.05) is 0 Å². The van der Waals surface area contributed by atoms with E-state index >= 15 is 0 Å². The van der Waals surface area contributed by atoms with Crippen LogP contribution in [0.3, 0.4) is 0 Å². The van der Waals surface area contributed by atoms with Crippen LogP contribution in [0.5, 0.6) is 0 Å². The number of carbonyl (C=O) groups is 2. The van der Waals surface area contributed by atoms with Crippen LogP contribution in [-0.2, 0) is 9.53 Å². The van der Waals surface area contributed by atoms with E-state index in [1.54, 1.807) is 6.92 Å². The summed E-state index contributed by atoms with van der Waals surface area (Å²) in [4.78, 5) is 21.2.